The quantitative estimate of drug-likeness (QED) is 0.688. The fourth-order valence-electron chi connectivity index (χ4n) is 2.71. The summed E-state index contributed by atoms with van der Waals surface area (Å²) in [6.07, 6.45) is 0.856. The number of benzene rings is 1. The van der Waals surface area contributed by atoms with Gasteiger partial charge in [-0.05, 0) is 30.5 Å². The maximum Gasteiger partial charge on any atom is 0.256 e. The molecule has 6 nitrogen and oxygen atoms in total. The molecule has 1 saturated heterocycles. The Labute approximate surface area is 138 Å². The number of rotatable bonds is 6. The smallest absolute Gasteiger partial charge is 0.256 e. The molecule has 1 aromatic carbocycles. The Balaban J connectivity index is 2.00. The highest BCUT2D eigenvalue weighted by molar-refractivity contribution is 5.86. The first-order chi connectivity index (χ1) is 11.4. The molecule has 1 aliphatic heterocycles. The SMILES string of the molecule is CNC(=O)CNC[C@@]1(O)CCCN(Cc2ccc(F)c(F)c2)C1=O. The minimum absolute atomic E-state index is 0.00470. The zero-order valence-electron chi connectivity index (χ0n) is 13.4. The maximum absolute atomic E-state index is 13.3. The van der Waals surface area contributed by atoms with Crippen LogP contribution in [-0.4, -0.2) is 54.1 Å². The highest BCUT2D eigenvalue weighted by Crippen LogP contribution is 2.24. The third-order valence-electron chi connectivity index (χ3n) is 4.04. The summed E-state index contributed by atoms with van der Waals surface area (Å²) in [4.78, 5) is 25.1. The number of likely N-dealkylation sites (tertiary alicyclic amines) is 1. The van der Waals surface area contributed by atoms with E-state index in [4.69, 9.17) is 0 Å². The second-order valence-corrected chi connectivity index (χ2v) is 5.89. The van der Waals surface area contributed by atoms with Crippen molar-refractivity contribution in [2.45, 2.75) is 25.0 Å². The van der Waals surface area contributed by atoms with E-state index in [0.29, 0.717) is 18.5 Å². The molecule has 0 bridgehead atoms. The van der Waals surface area contributed by atoms with Gasteiger partial charge in [0.1, 0.15) is 0 Å². The number of amides is 2. The predicted molar refractivity (Wildman–Crippen MR) is 82.9 cm³/mol. The van der Waals surface area contributed by atoms with Crippen LogP contribution in [0.3, 0.4) is 0 Å². The molecule has 8 heteroatoms. The van der Waals surface area contributed by atoms with E-state index in [1.807, 2.05) is 0 Å². The van der Waals surface area contributed by atoms with Gasteiger partial charge >= 0.3 is 0 Å². The Hall–Kier alpha value is -2.06. The summed E-state index contributed by atoms with van der Waals surface area (Å²) >= 11 is 0. The van der Waals surface area contributed by atoms with Crippen molar-refractivity contribution in [3.63, 3.8) is 0 Å². The molecule has 3 N–H and O–H groups in total. The summed E-state index contributed by atoms with van der Waals surface area (Å²) in [6, 6.07) is 3.46. The lowest BCUT2D eigenvalue weighted by Crippen LogP contribution is -2.58. The van der Waals surface area contributed by atoms with Crippen molar-refractivity contribution >= 4 is 11.8 Å². The summed E-state index contributed by atoms with van der Waals surface area (Å²) in [6.45, 7) is 0.464. The fraction of sp³-hybridized carbons (Fsp3) is 0.500. The van der Waals surface area contributed by atoms with E-state index in [2.05, 4.69) is 10.6 Å². The zero-order chi connectivity index (χ0) is 17.7. The minimum atomic E-state index is -1.61. The van der Waals surface area contributed by atoms with Gasteiger partial charge in [0.25, 0.3) is 5.91 Å². The molecule has 0 aromatic heterocycles. The van der Waals surface area contributed by atoms with E-state index in [-0.39, 0.29) is 32.0 Å². The van der Waals surface area contributed by atoms with Gasteiger partial charge in [0, 0.05) is 26.7 Å². The number of hydrogen-bond donors (Lipinski definition) is 3. The molecule has 0 saturated carbocycles. The number of piperidine rings is 1. The molecule has 2 amide bonds. The van der Waals surface area contributed by atoms with Gasteiger partial charge in [0.05, 0.1) is 6.54 Å². The summed E-state index contributed by atoms with van der Waals surface area (Å²) in [7, 11) is 1.49. The van der Waals surface area contributed by atoms with Crippen molar-refractivity contribution in [1.29, 1.82) is 0 Å². The zero-order valence-corrected chi connectivity index (χ0v) is 13.4. The van der Waals surface area contributed by atoms with E-state index in [1.165, 1.54) is 18.0 Å². The van der Waals surface area contributed by atoms with Gasteiger partial charge in [0.15, 0.2) is 17.2 Å². The molecule has 1 atom stereocenters. The number of nitrogens with one attached hydrogen (secondary N) is 2. The molecular formula is C16H21F2N3O3. The highest BCUT2D eigenvalue weighted by Gasteiger charge is 2.41. The van der Waals surface area contributed by atoms with Crippen LogP contribution >= 0.6 is 0 Å². The van der Waals surface area contributed by atoms with Crippen LogP contribution in [0.4, 0.5) is 8.78 Å². The third-order valence-corrected chi connectivity index (χ3v) is 4.04. The van der Waals surface area contributed by atoms with E-state index in [0.717, 1.165) is 12.1 Å². The molecule has 1 aliphatic rings. The molecule has 2 rings (SSSR count). The summed E-state index contributed by atoms with van der Waals surface area (Å²) < 4.78 is 26.3. The van der Waals surface area contributed by atoms with Crippen molar-refractivity contribution < 1.29 is 23.5 Å². The molecule has 0 unspecified atom stereocenters. The molecule has 132 valence electrons. The van der Waals surface area contributed by atoms with Crippen LogP contribution in [0.15, 0.2) is 18.2 Å². The Morgan fingerprint density at radius 2 is 2.12 bits per heavy atom. The number of nitrogens with zero attached hydrogens (tertiary/aromatic N) is 1. The number of halogens is 2. The summed E-state index contributed by atoms with van der Waals surface area (Å²) in [5.41, 5.74) is -1.16. The average molecular weight is 341 g/mol. The predicted octanol–water partition coefficient (Wildman–Crippen LogP) is 0.154. The van der Waals surface area contributed by atoms with Gasteiger partial charge in [0.2, 0.25) is 5.91 Å². The average Bonchev–Trinajstić information content (AvgIpc) is 2.55. The highest BCUT2D eigenvalue weighted by atomic mass is 19.2. The molecule has 0 radical (unpaired) electrons. The van der Waals surface area contributed by atoms with Gasteiger partial charge in [-0.1, -0.05) is 6.07 Å². The van der Waals surface area contributed by atoms with Gasteiger partial charge < -0.3 is 20.6 Å². The van der Waals surface area contributed by atoms with E-state index < -0.39 is 23.1 Å². The lowest BCUT2D eigenvalue weighted by molar-refractivity contribution is -0.157. The number of carbonyl (C=O) groups excluding carboxylic acids is 2. The van der Waals surface area contributed by atoms with Crippen LogP contribution < -0.4 is 10.6 Å². The first-order valence-electron chi connectivity index (χ1n) is 7.73. The van der Waals surface area contributed by atoms with Gasteiger partial charge in [-0.25, -0.2) is 8.78 Å². The van der Waals surface area contributed by atoms with Crippen LogP contribution in [-0.2, 0) is 16.1 Å². The molecule has 0 spiro atoms. The number of aliphatic hydroxyl groups is 1. The van der Waals surface area contributed by atoms with Crippen LogP contribution in [0.1, 0.15) is 18.4 Å². The molecule has 0 aliphatic carbocycles. The molecule has 1 aromatic rings. The lowest BCUT2D eigenvalue weighted by Gasteiger charge is -2.38. The van der Waals surface area contributed by atoms with Crippen LogP contribution in [0.25, 0.3) is 0 Å². The number of likely N-dealkylation sites (N-methyl/N-ethyl adjacent to an activating group) is 1. The van der Waals surface area contributed by atoms with Gasteiger partial charge in [-0.3, -0.25) is 9.59 Å². The minimum Gasteiger partial charge on any atom is -0.379 e. The standard InChI is InChI=1S/C16H21F2N3O3/c1-19-14(22)8-20-10-16(24)5-2-6-21(15(16)23)9-11-3-4-12(17)13(18)7-11/h3-4,7,20,24H,2,5-6,8-10H2,1H3,(H,19,22)/t16-/m0/s1. The molecule has 24 heavy (non-hydrogen) atoms. The van der Waals surface area contributed by atoms with E-state index in [9.17, 15) is 23.5 Å². The largest absolute Gasteiger partial charge is 0.379 e. The number of carbonyl (C=O) groups is 2. The summed E-state index contributed by atoms with van der Waals surface area (Å²) in [5.74, 6) is -2.65. The van der Waals surface area contributed by atoms with E-state index >= 15 is 0 Å². The maximum atomic E-state index is 13.3. The van der Waals surface area contributed by atoms with Crippen LogP contribution in [0.2, 0.25) is 0 Å². The van der Waals surface area contributed by atoms with E-state index in [1.54, 1.807) is 0 Å². The van der Waals surface area contributed by atoms with Gasteiger partial charge in [-0.2, -0.15) is 0 Å². The Kier molecular flexibility index (Phi) is 5.84. The lowest BCUT2D eigenvalue weighted by atomic mass is 9.91. The topological polar surface area (TPSA) is 81.7 Å². The van der Waals surface area contributed by atoms with Crippen molar-refractivity contribution in [1.82, 2.24) is 15.5 Å². The van der Waals surface area contributed by atoms with Gasteiger partial charge in [-0.15, -0.1) is 0 Å². The third kappa shape index (κ3) is 4.27. The Morgan fingerprint density at radius 1 is 1.38 bits per heavy atom. The monoisotopic (exact) mass is 341 g/mol. The molecule has 1 fully saturated rings. The van der Waals surface area contributed by atoms with Crippen molar-refractivity contribution in [3.8, 4) is 0 Å². The normalized spacial score (nSPS) is 21.0. The Bertz CT molecular complexity index is 627. The van der Waals surface area contributed by atoms with Crippen LogP contribution in [0, 0.1) is 11.6 Å². The second kappa shape index (κ2) is 7.67. The first-order valence-corrected chi connectivity index (χ1v) is 7.73. The number of hydrogen-bond acceptors (Lipinski definition) is 4. The van der Waals surface area contributed by atoms with Crippen LogP contribution in [0.5, 0.6) is 0 Å². The second-order valence-electron chi connectivity index (χ2n) is 5.89. The summed E-state index contributed by atoms with van der Waals surface area (Å²) in [5, 5.41) is 15.7. The fourth-order valence-corrected chi connectivity index (χ4v) is 2.71. The molecule has 1 heterocycles. The van der Waals surface area contributed by atoms with Crippen molar-refractivity contribution in [2.24, 2.45) is 0 Å². The Morgan fingerprint density at radius 3 is 2.79 bits per heavy atom. The first kappa shape index (κ1) is 18.3. The van der Waals surface area contributed by atoms with Crippen molar-refractivity contribution in [3.05, 3.63) is 35.4 Å². The molecular weight excluding hydrogens is 320 g/mol. The van der Waals surface area contributed by atoms with Crippen molar-refractivity contribution in [2.75, 3.05) is 26.7 Å².